The zero-order chi connectivity index (χ0) is 16.6. The van der Waals surface area contributed by atoms with Gasteiger partial charge < -0.3 is 20.1 Å². The summed E-state index contributed by atoms with van der Waals surface area (Å²) in [6.45, 7) is 5.74. The SMILES string of the molecule is O=[S+]1([O-])NCC2(CCN(CC3CCNCC3)C2)Nc2ccccc21. The molecular formula is C17H26N4O2S. The molecule has 0 aliphatic carbocycles. The minimum absolute atomic E-state index is 0.202. The number of hydrogen-bond donors (Lipinski definition) is 3. The lowest BCUT2D eigenvalue weighted by molar-refractivity contribution is 0.232. The normalized spacial score (nSPS) is 34.7. The van der Waals surface area contributed by atoms with E-state index in [0.717, 1.165) is 50.7 Å². The number of anilines is 1. The monoisotopic (exact) mass is 350 g/mol. The molecule has 3 aliphatic rings. The Balaban J connectivity index is 1.49. The summed E-state index contributed by atoms with van der Waals surface area (Å²) in [6.07, 6.45) is 3.45. The second-order valence-electron chi connectivity index (χ2n) is 7.40. The average molecular weight is 350 g/mol. The fourth-order valence-electron chi connectivity index (χ4n) is 4.23. The minimum Gasteiger partial charge on any atom is -0.593 e. The van der Waals surface area contributed by atoms with Gasteiger partial charge in [-0.1, -0.05) is 16.3 Å². The number of hydrogen-bond acceptors (Lipinski definition) is 5. The molecule has 0 saturated carbocycles. The third-order valence-electron chi connectivity index (χ3n) is 5.58. The Labute approximate surface area is 144 Å². The van der Waals surface area contributed by atoms with Crippen molar-refractivity contribution in [3.63, 3.8) is 0 Å². The van der Waals surface area contributed by atoms with E-state index in [4.69, 9.17) is 0 Å². The summed E-state index contributed by atoms with van der Waals surface area (Å²) in [4.78, 5) is 2.87. The van der Waals surface area contributed by atoms with Gasteiger partial charge in [-0.05, 0) is 50.4 Å². The summed E-state index contributed by atoms with van der Waals surface area (Å²) in [7, 11) is -3.43. The fourth-order valence-corrected chi connectivity index (χ4v) is 5.52. The summed E-state index contributed by atoms with van der Waals surface area (Å²) < 4.78 is 27.7. The van der Waals surface area contributed by atoms with Crippen LogP contribution in [0.25, 0.3) is 0 Å². The predicted octanol–water partition coefficient (Wildman–Crippen LogP) is 1.05. The van der Waals surface area contributed by atoms with E-state index in [-0.39, 0.29) is 5.54 Å². The zero-order valence-corrected chi connectivity index (χ0v) is 14.7. The number of nitrogens with one attached hydrogen (secondary N) is 3. The quantitative estimate of drug-likeness (QED) is 0.695. The van der Waals surface area contributed by atoms with Crippen molar-refractivity contribution in [2.24, 2.45) is 5.92 Å². The second-order valence-corrected chi connectivity index (χ2v) is 9.14. The Morgan fingerprint density at radius 2 is 2.08 bits per heavy atom. The number of nitrogens with zero attached hydrogens (tertiary/aromatic N) is 1. The second kappa shape index (κ2) is 6.38. The van der Waals surface area contributed by atoms with Crippen molar-refractivity contribution in [1.82, 2.24) is 14.9 Å². The fraction of sp³-hybridized carbons (Fsp3) is 0.647. The zero-order valence-electron chi connectivity index (χ0n) is 13.9. The highest BCUT2D eigenvalue weighted by Crippen LogP contribution is 2.34. The van der Waals surface area contributed by atoms with Gasteiger partial charge in [-0.3, -0.25) is 0 Å². The van der Waals surface area contributed by atoms with Crippen LogP contribution in [0.3, 0.4) is 0 Å². The van der Waals surface area contributed by atoms with Gasteiger partial charge in [-0.15, -0.1) is 4.72 Å². The van der Waals surface area contributed by atoms with Crippen LogP contribution in [0.2, 0.25) is 0 Å². The number of likely N-dealkylation sites (tertiary alicyclic amines) is 1. The van der Waals surface area contributed by atoms with E-state index in [1.807, 2.05) is 12.1 Å². The van der Waals surface area contributed by atoms with Crippen molar-refractivity contribution in [2.75, 3.05) is 44.6 Å². The molecule has 7 heteroatoms. The molecule has 3 heterocycles. The van der Waals surface area contributed by atoms with Crippen LogP contribution in [0.4, 0.5) is 5.69 Å². The summed E-state index contributed by atoms with van der Waals surface area (Å²) in [5.74, 6) is 0.760. The molecule has 0 amide bonds. The van der Waals surface area contributed by atoms with Gasteiger partial charge in [0.2, 0.25) is 0 Å². The van der Waals surface area contributed by atoms with Gasteiger partial charge in [0, 0.05) is 19.6 Å². The van der Waals surface area contributed by atoms with Crippen LogP contribution in [0, 0.1) is 5.92 Å². The third-order valence-corrected chi connectivity index (χ3v) is 7.04. The molecule has 2 unspecified atom stereocenters. The molecule has 6 nitrogen and oxygen atoms in total. The van der Waals surface area contributed by atoms with Crippen LogP contribution in [0.1, 0.15) is 19.3 Å². The Morgan fingerprint density at radius 1 is 1.29 bits per heavy atom. The van der Waals surface area contributed by atoms with Gasteiger partial charge in [0.15, 0.2) is 15.3 Å². The molecule has 1 aromatic carbocycles. The van der Waals surface area contributed by atoms with E-state index in [9.17, 15) is 8.76 Å². The van der Waals surface area contributed by atoms with E-state index in [2.05, 4.69) is 20.3 Å². The molecule has 0 radical (unpaired) electrons. The van der Waals surface area contributed by atoms with Gasteiger partial charge in [-0.2, -0.15) is 0 Å². The van der Waals surface area contributed by atoms with Crippen molar-refractivity contribution in [1.29, 1.82) is 0 Å². The van der Waals surface area contributed by atoms with E-state index in [1.165, 1.54) is 12.8 Å². The van der Waals surface area contributed by atoms with Crippen molar-refractivity contribution in [3.05, 3.63) is 24.3 Å². The maximum Gasteiger partial charge on any atom is 0.198 e. The molecular weight excluding hydrogens is 324 g/mol. The maximum atomic E-state index is 12.5. The smallest absolute Gasteiger partial charge is 0.198 e. The molecule has 3 aliphatic heterocycles. The summed E-state index contributed by atoms with van der Waals surface area (Å²) in [6, 6.07) is 7.21. The number of para-hydroxylation sites is 1. The Morgan fingerprint density at radius 3 is 2.92 bits per heavy atom. The molecule has 24 heavy (non-hydrogen) atoms. The highest BCUT2D eigenvalue weighted by atomic mass is 32.3. The molecule has 3 N–H and O–H groups in total. The van der Waals surface area contributed by atoms with E-state index in [1.54, 1.807) is 12.1 Å². The minimum atomic E-state index is -3.43. The topological polar surface area (TPSA) is 79.5 Å². The Bertz CT molecular complexity index is 649. The van der Waals surface area contributed by atoms with Gasteiger partial charge in [0.1, 0.15) is 0 Å². The molecule has 132 valence electrons. The molecule has 2 atom stereocenters. The van der Waals surface area contributed by atoms with Crippen LogP contribution in [-0.2, 0) is 14.6 Å². The van der Waals surface area contributed by atoms with Crippen LogP contribution in [0.5, 0.6) is 0 Å². The first-order chi connectivity index (χ1) is 11.6. The summed E-state index contributed by atoms with van der Waals surface area (Å²) in [5, 5.41) is 6.98. The first-order valence-electron chi connectivity index (χ1n) is 8.86. The molecule has 2 fully saturated rings. The number of piperidine rings is 1. The first kappa shape index (κ1) is 16.5. The first-order valence-corrected chi connectivity index (χ1v) is 10.3. The Kier molecular flexibility index (Phi) is 4.38. The lowest BCUT2D eigenvalue weighted by Crippen LogP contribution is -2.50. The van der Waals surface area contributed by atoms with Crippen LogP contribution >= 0.6 is 0 Å². The Hall–Kier alpha value is -0.990. The van der Waals surface area contributed by atoms with Gasteiger partial charge in [0.25, 0.3) is 0 Å². The summed E-state index contributed by atoms with van der Waals surface area (Å²) in [5.41, 5.74) is 0.526. The van der Waals surface area contributed by atoms with Gasteiger partial charge in [-0.25, -0.2) is 0 Å². The molecule has 2 saturated heterocycles. The largest absolute Gasteiger partial charge is 0.593 e. The lowest BCUT2D eigenvalue weighted by Gasteiger charge is -2.31. The highest BCUT2D eigenvalue weighted by molar-refractivity contribution is 7.96. The third kappa shape index (κ3) is 3.23. The molecule has 1 aromatic rings. The van der Waals surface area contributed by atoms with Crippen molar-refractivity contribution >= 4 is 16.1 Å². The number of fused-ring (bicyclic) bond motifs is 1. The van der Waals surface area contributed by atoms with Gasteiger partial charge >= 0.3 is 0 Å². The number of rotatable bonds is 2. The van der Waals surface area contributed by atoms with Crippen LogP contribution in [0.15, 0.2) is 29.2 Å². The van der Waals surface area contributed by atoms with E-state index < -0.39 is 10.4 Å². The van der Waals surface area contributed by atoms with Crippen LogP contribution in [-0.4, -0.2) is 54.3 Å². The van der Waals surface area contributed by atoms with Crippen molar-refractivity contribution < 1.29 is 8.76 Å². The molecule has 1 spiro atoms. The molecule has 4 rings (SSSR count). The van der Waals surface area contributed by atoms with Crippen LogP contribution < -0.4 is 15.4 Å². The number of sulfonamides is 1. The number of benzene rings is 1. The van der Waals surface area contributed by atoms with E-state index in [0.29, 0.717) is 11.4 Å². The lowest BCUT2D eigenvalue weighted by atomic mass is 9.97. The average Bonchev–Trinajstić information content (AvgIpc) is 2.92. The van der Waals surface area contributed by atoms with Crippen molar-refractivity contribution in [3.8, 4) is 0 Å². The maximum absolute atomic E-state index is 12.5. The summed E-state index contributed by atoms with van der Waals surface area (Å²) >= 11 is 0. The van der Waals surface area contributed by atoms with E-state index >= 15 is 0 Å². The predicted molar refractivity (Wildman–Crippen MR) is 94.5 cm³/mol. The highest BCUT2D eigenvalue weighted by Gasteiger charge is 2.44. The van der Waals surface area contributed by atoms with Crippen molar-refractivity contribution in [2.45, 2.75) is 29.7 Å². The molecule has 0 bridgehead atoms. The van der Waals surface area contributed by atoms with Gasteiger partial charge in [0.05, 0.1) is 17.8 Å². The standard InChI is InChI=1S/C17H26N4O2S/c22-24(23)16-4-2-1-3-15(16)20-17(12-19-24)7-10-21(13-17)11-14-5-8-18-9-6-14/h1-4,14,18,20H,5-13H2,(H-,19,22,23). The molecule has 0 aromatic heterocycles.